The molecule has 1 aromatic rings. The zero-order valence-corrected chi connectivity index (χ0v) is 8.81. The van der Waals surface area contributed by atoms with Crippen LogP contribution < -0.4 is 4.90 Å². The van der Waals surface area contributed by atoms with Crippen molar-refractivity contribution < 1.29 is 4.74 Å². The quantitative estimate of drug-likeness (QED) is 0.695. The maximum absolute atomic E-state index is 8.80. The monoisotopic (exact) mass is 202 g/mol. The molecular weight excluding hydrogens is 188 g/mol. The van der Waals surface area contributed by atoms with E-state index in [1.165, 1.54) is 11.3 Å². The zero-order valence-electron chi connectivity index (χ0n) is 8.81. The normalized spacial score (nSPS) is 21.1. The van der Waals surface area contributed by atoms with Gasteiger partial charge in [0.1, 0.15) is 0 Å². The Labute approximate surface area is 89.9 Å². The summed E-state index contributed by atoms with van der Waals surface area (Å²) in [6.45, 7) is 4.23. The molecule has 1 saturated heterocycles. The number of anilines is 1. The van der Waals surface area contributed by atoms with Crippen molar-refractivity contribution in [2.24, 2.45) is 0 Å². The second kappa shape index (κ2) is 4.33. The minimum Gasteiger partial charge on any atom is -0.366 e. The molecule has 0 aromatic heterocycles. The van der Waals surface area contributed by atoms with Crippen LogP contribution in [0.4, 0.5) is 5.69 Å². The van der Waals surface area contributed by atoms with Gasteiger partial charge in [-0.1, -0.05) is 17.7 Å². The fourth-order valence-corrected chi connectivity index (χ4v) is 1.72. The summed E-state index contributed by atoms with van der Waals surface area (Å²) in [5, 5.41) is 8.80. The smallest absolute Gasteiger partial charge is 0.161 e. The Hall–Kier alpha value is -1.53. The first-order valence-corrected chi connectivity index (χ1v) is 5.12. The third-order valence-corrected chi connectivity index (χ3v) is 2.61. The fraction of sp³-hybridized carbons (Fsp3) is 0.417. The summed E-state index contributed by atoms with van der Waals surface area (Å²) in [5.41, 5.74) is 2.42. The Morgan fingerprint density at radius 3 is 2.80 bits per heavy atom. The van der Waals surface area contributed by atoms with Gasteiger partial charge in [-0.05, 0) is 19.1 Å². The molecule has 1 fully saturated rings. The standard InChI is InChI=1S/C12H14N2O/c1-10-2-4-11(5-3-10)14-6-7-15-12(8-13)9-14/h2-5,12H,6-7,9H2,1H3. The van der Waals surface area contributed by atoms with E-state index in [1.54, 1.807) is 0 Å². The van der Waals surface area contributed by atoms with Crippen molar-refractivity contribution in [3.8, 4) is 6.07 Å². The highest BCUT2D eigenvalue weighted by molar-refractivity contribution is 5.48. The third-order valence-electron chi connectivity index (χ3n) is 2.61. The van der Waals surface area contributed by atoms with Gasteiger partial charge in [0.15, 0.2) is 6.10 Å². The first-order valence-electron chi connectivity index (χ1n) is 5.12. The highest BCUT2D eigenvalue weighted by Crippen LogP contribution is 2.17. The summed E-state index contributed by atoms with van der Waals surface area (Å²) >= 11 is 0. The molecule has 0 radical (unpaired) electrons. The Morgan fingerprint density at radius 1 is 1.40 bits per heavy atom. The van der Waals surface area contributed by atoms with Gasteiger partial charge < -0.3 is 9.64 Å². The number of nitriles is 1. The van der Waals surface area contributed by atoms with Crippen LogP contribution in [0, 0.1) is 18.3 Å². The molecule has 0 spiro atoms. The molecule has 1 aliphatic rings. The molecular formula is C12H14N2O. The van der Waals surface area contributed by atoms with E-state index in [9.17, 15) is 0 Å². The number of benzene rings is 1. The molecule has 78 valence electrons. The van der Waals surface area contributed by atoms with Gasteiger partial charge in [0, 0.05) is 12.2 Å². The van der Waals surface area contributed by atoms with Crippen LogP contribution in [-0.2, 0) is 4.74 Å². The molecule has 0 amide bonds. The van der Waals surface area contributed by atoms with Gasteiger partial charge in [-0.25, -0.2) is 0 Å². The van der Waals surface area contributed by atoms with Gasteiger partial charge in [-0.2, -0.15) is 5.26 Å². The van der Waals surface area contributed by atoms with Gasteiger partial charge in [0.2, 0.25) is 0 Å². The van der Waals surface area contributed by atoms with E-state index >= 15 is 0 Å². The predicted octanol–water partition coefficient (Wildman–Crippen LogP) is 1.72. The average molecular weight is 202 g/mol. The molecule has 3 heteroatoms. The Kier molecular flexibility index (Phi) is 2.89. The van der Waals surface area contributed by atoms with Gasteiger partial charge >= 0.3 is 0 Å². The van der Waals surface area contributed by atoms with Crippen LogP contribution in [0.1, 0.15) is 5.56 Å². The van der Waals surface area contributed by atoms with Crippen LogP contribution in [-0.4, -0.2) is 25.8 Å². The molecule has 0 bridgehead atoms. The molecule has 3 nitrogen and oxygen atoms in total. The zero-order chi connectivity index (χ0) is 10.7. The summed E-state index contributed by atoms with van der Waals surface area (Å²) in [4.78, 5) is 2.19. The first kappa shape index (κ1) is 10.0. The third kappa shape index (κ3) is 2.28. The number of aryl methyl sites for hydroxylation is 1. The van der Waals surface area contributed by atoms with Crippen molar-refractivity contribution in [3.05, 3.63) is 29.8 Å². The van der Waals surface area contributed by atoms with E-state index in [-0.39, 0.29) is 6.10 Å². The summed E-state index contributed by atoms with van der Waals surface area (Å²) in [5.74, 6) is 0. The lowest BCUT2D eigenvalue weighted by Crippen LogP contribution is -2.41. The van der Waals surface area contributed by atoms with E-state index in [0.29, 0.717) is 13.2 Å². The van der Waals surface area contributed by atoms with E-state index in [1.807, 2.05) is 0 Å². The van der Waals surface area contributed by atoms with E-state index in [4.69, 9.17) is 10.00 Å². The summed E-state index contributed by atoms with van der Waals surface area (Å²) in [7, 11) is 0. The molecule has 0 saturated carbocycles. The second-order valence-corrected chi connectivity index (χ2v) is 3.77. The van der Waals surface area contributed by atoms with Gasteiger partial charge in [0.25, 0.3) is 0 Å². The minimum absolute atomic E-state index is 0.292. The minimum atomic E-state index is -0.292. The lowest BCUT2D eigenvalue weighted by Gasteiger charge is -2.31. The molecule has 1 atom stereocenters. The van der Waals surface area contributed by atoms with Crippen molar-refractivity contribution in [2.45, 2.75) is 13.0 Å². The highest BCUT2D eigenvalue weighted by Gasteiger charge is 2.19. The van der Waals surface area contributed by atoms with Gasteiger partial charge in [-0.15, -0.1) is 0 Å². The summed E-state index contributed by atoms with van der Waals surface area (Å²) < 4.78 is 5.30. The van der Waals surface area contributed by atoms with Crippen molar-refractivity contribution in [1.82, 2.24) is 0 Å². The maximum Gasteiger partial charge on any atom is 0.161 e. The number of hydrogen-bond acceptors (Lipinski definition) is 3. The number of hydrogen-bond donors (Lipinski definition) is 0. The average Bonchev–Trinajstić information content (AvgIpc) is 2.30. The van der Waals surface area contributed by atoms with Crippen LogP contribution in [0.2, 0.25) is 0 Å². The fourth-order valence-electron chi connectivity index (χ4n) is 1.72. The Morgan fingerprint density at radius 2 is 2.13 bits per heavy atom. The SMILES string of the molecule is Cc1ccc(N2CCOC(C#N)C2)cc1. The van der Waals surface area contributed by atoms with Crippen molar-refractivity contribution >= 4 is 5.69 Å². The van der Waals surface area contributed by atoms with Crippen LogP contribution in [0.25, 0.3) is 0 Å². The van der Waals surface area contributed by atoms with Crippen LogP contribution in [0.15, 0.2) is 24.3 Å². The molecule has 0 aliphatic carbocycles. The van der Waals surface area contributed by atoms with Crippen molar-refractivity contribution in [1.29, 1.82) is 5.26 Å². The molecule has 15 heavy (non-hydrogen) atoms. The largest absolute Gasteiger partial charge is 0.366 e. The Bertz CT molecular complexity index is 366. The molecule has 1 unspecified atom stereocenters. The number of nitrogens with zero attached hydrogens (tertiary/aromatic N) is 2. The van der Waals surface area contributed by atoms with Crippen LogP contribution >= 0.6 is 0 Å². The molecule has 1 aliphatic heterocycles. The lowest BCUT2D eigenvalue weighted by molar-refractivity contribution is 0.0764. The van der Waals surface area contributed by atoms with Crippen molar-refractivity contribution in [2.75, 3.05) is 24.6 Å². The number of rotatable bonds is 1. The van der Waals surface area contributed by atoms with E-state index in [0.717, 1.165) is 6.54 Å². The van der Waals surface area contributed by atoms with Gasteiger partial charge in [-0.3, -0.25) is 0 Å². The maximum atomic E-state index is 8.80. The predicted molar refractivity (Wildman–Crippen MR) is 58.7 cm³/mol. The Balaban J connectivity index is 2.10. The number of ether oxygens (including phenoxy) is 1. The van der Waals surface area contributed by atoms with Crippen LogP contribution in [0.5, 0.6) is 0 Å². The van der Waals surface area contributed by atoms with E-state index < -0.39 is 0 Å². The van der Waals surface area contributed by atoms with Gasteiger partial charge in [0.05, 0.1) is 19.2 Å². The molecule has 0 N–H and O–H groups in total. The molecule has 1 heterocycles. The van der Waals surface area contributed by atoms with Crippen molar-refractivity contribution in [3.63, 3.8) is 0 Å². The highest BCUT2D eigenvalue weighted by atomic mass is 16.5. The lowest BCUT2D eigenvalue weighted by atomic mass is 10.2. The number of morpholine rings is 1. The van der Waals surface area contributed by atoms with E-state index in [2.05, 4.69) is 42.2 Å². The molecule has 1 aromatic carbocycles. The molecule has 2 rings (SSSR count). The summed E-state index contributed by atoms with van der Waals surface area (Å²) in [6.07, 6.45) is -0.292. The second-order valence-electron chi connectivity index (χ2n) is 3.77. The first-order chi connectivity index (χ1) is 7.29. The summed E-state index contributed by atoms with van der Waals surface area (Å²) in [6, 6.07) is 10.5. The topological polar surface area (TPSA) is 36.3 Å². The van der Waals surface area contributed by atoms with Crippen LogP contribution in [0.3, 0.4) is 0 Å².